The maximum Gasteiger partial charge on any atom is 0.326 e. The van der Waals surface area contributed by atoms with E-state index < -0.39 is 18.1 Å². The molecule has 0 bridgehead atoms. The lowest BCUT2D eigenvalue weighted by atomic mass is 10.00. The number of nitrogens with zero attached hydrogens (tertiary/aromatic N) is 1. The molecule has 1 amide bonds. The molecule has 94 valence electrons. The highest BCUT2D eigenvalue weighted by atomic mass is 16.5. The van der Waals surface area contributed by atoms with Crippen LogP contribution in [0, 0.1) is 0 Å². The van der Waals surface area contributed by atoms with E-state index >= 15 is 0 Å². The van der Waals surface area contributed by atoms with Crippen LogP contribution < -0.4 is 0 Å². The molecule has 17 heavy (non-hydrogen) atoms. The highest BCUT2D eigenvalue weighted by molar-refractivity contribution is 5.93. The molecule has 2 heterocycles. The third kappa shape index (κ3) is 2.46. The van der Waals surface area contributed by atoms with Crippen LogP contribution in [0.3, 0.4) is 0 Å². The van der Waals surface area contributed by atoms with Gasteiger partial charge >= 0.3 is 5.97 Å². The van der Waals surface area contributed by atoms with Gasteiger partial charge in [0.2, 0.25) is 0 Å². The SMILES string of the molecule is O=C1CCN(C(=O)C2CCCO2)C(C(=O)O)C1. The summed E-state index contributed by atoms with van der Waals surface area (Å²) in [6, 6.07) is -1.02. The van der Waals surface area contributed by atoms with E-state index in [1.165, 1.54) is 4.90 Å². The number of carbonyl (C=O) groups is 3. The van der Waals surface area contributed by atoms with Crippen molar-refractivity contribution in [2.24, 2.45) is 0 Å². The van der Waals surface area contributed by atoms with Gasteiger partial charge < -0.3 is 14.7 Å². The predicted octanol–water partition coefficient (Wildman–Crippen LogP) is -0.190. The van der Waals surface area contributed by atoms with Crippen molar-refractivity contribution in [1.29, 1.82) is 0 Å². The molecule has 2 atom stereocenters. The van der Waals surface area contributed by atoms with Crippen molar-refractivity contribution in [1.82, 2.24) is 4.90 Å². The average molecular weight is 241 g/mol. The van der Waals surface area contributed by atoms with Crippen LogP contribution in [0.2, 0.25) is 0 Å². The summed E-state index contributed by atoms with van der Waals surface area (Å²) in [5.41, 5.74) is 0. The van der Waals surface area contributed by atoms with Crippen molar-refractivity contribution in [3.05, 3.63) is 0 Å². The lowest BCUT2D eigenvalue weighted by molar-refractivity contribution is -0.158. The van der Waals surface area contributed by atoms with Gasteiger partial charge in [-0.2, -0.15) is 0 Å². The van der Waals surface area contributed by atoms with Crippen molar-refractivity contribution in [3.8, 4) is 0 Å². The van der Waals surface area contributed by atoms with Crippen molar-refractivity contribution < 1.29 is 24.2 Å². The fourth-order valence-electron chi connectivity index (χ4n) is 2.27. The fourth-order valence-corrected chi connectivity index (χ4v) is 2.27. The zero-order chi connectivity index (χ0) is 12.4. The number of ether oxygens (including phenoxy) is 1. The zero-order valence-electron chi connectivity index (χ0n) is 9.42. The number of carboxylic acid groups (broad SMARTS) is 1. The van der Waals surface area contributed by atoms with Crippen LogP contribution >= 0.6 is 0 Å². The minimum Gasteiger partial charge on any atom is -0.480 e. The molecule has 0 spiro atoms. The summed E-state index contributed by atoms with van der Waals surface area (Å²) in [4.78, 5) is 35.6. The quantitative estimate of drug-likeness (QED) is 0.724. The maximum absolute atomic E-state index is 12.0. The number of Topliss-reactive ketones (excluding diaryl/α,β-unsaturated/α-hetero) is 1. The highest BCUT2D eigenvalue weighted by Crippen LogP contribution is 2.21. The first-order chi connectivity index (χ1) is 8.09. The van der Waals surface area contributed by atoms with Crippen LogP contribution in [-0.4, -0.2) is 53.0 Å². The van der Waals surface area contributed by atoms with Gasteiger partial charge in [-0.25, -0.2) is 4.79 Å². The molecule has 0 aromatic rings. The van der Waals surface area contributed by atoms with Crippen molar-refractivity contribution >= 4 is 17.7 Å². The first kappa shape index (κ1) is 12.0. The number of hydrogen-bond acceptors (Lipinski definition) is 4. The highest BCUT2D eigenvalue weighted by Gasteiger charge is 2.39. The zero-order valence-corrected chi connectivity index (χ0v) is 9.42. The van der Waals surface area contributed by atoms with Gasteiger partial charge in [-0.3, -0.25) is 9.59 Å². The van der Waals surface area contributed by atoms with Crippen LogP contribution in [0.5, 0.6) is 0 Å². The minimum absolute atomic E-state index is 0.0895. The molecule has 2 aliphatic heterocycles. The van der Waals surface area contributed by atoms with E-state index in [0.717, 1.165) is 6.42 Å². The first-order valence-electron chi connectivity index (χ1n) is 5.76. The molecule has 2 fully saturated rings. The van der Waals surface area contributed by atoms with Crippen molar-refractivity contribution in [3.63, 3.8) is 0 Å². The monoisotopic (exact) mass is 241 g/mol. The van der Waals surface area contributed by atoms with Gasteiger partial charge in [0.05, 0.1) is 0 Å². The lowest BCUT2D eigenvalue weighted by Crippen LogP contribution is -2.53. The van der Waals surface area contributed by atoms with Gasteiger partial charge in [0.15, 0.2) is 0 Å². The Morgan fingerprint density at radius 1 is 1.41 bits per heavy atom. The Kier molecular flexibility index (Phi) is 3.42. The van der Waals surface area contributed by atoms with Gasteiger partial charge in [-0.1, -0.05) is 0 Å². The summed E-state index contributed by atoms with van der Waals surface area (Å²) in [5.74, 6) is -1.51. The molecule has 6 heteroatoms. The third-order valence-corrected chi connectivity index (χ3v) is 3.20. The Balaban J connectivity index is 2.08. The predicted molar refractivity (Wildman–Crippen MR) is 56.4 cm³/mol. The molecule has 2 saturated heterocycles. The number of likely N-dealkylation sites (tertiary alicyclic amines) is 1. The number of rotatable bonds is 2. The van der Waals surface area contributed by atoms with E-state index in [1.807, 2.05) is 0 Å². The van der Waals surface area contributed by atoms with Crippen molar-refractivity contribution in [2.45, 2.75) is 37.8 Å². The Hall–Kier alpha value is -1.43. The van der Waals surface area contributed by atoms with Crippen LogP contribution in [0.1, 0.15) is 25.7 Å². The van der Waals surface area contributed by atoms with Crippen LogP contribution in [0.25, 0.3) is 0 Å². The van der Waals surface area contributed by atoms with Gasteiger partial charge in [0, 0.05) is 26.0 Å². The molecule has 1 N–H and O–H groups in total. The molecule has 0 saturated carbocycles. The topological polar surface area (TPSA) is 83.9 Å². The van der Waals surface area contributed by atoms with E-state index in [2.05, 4.69) is 0 Å². The second kappa shape index (κ2) is 4.83. The Morgan fingerprint density at radius 3 is 2.76 bits per heavy atom. The summed E-state index contributed by atoms with van der Waals surface area (Å²) in [6.45, 7) is 0.732. The summed E-state index contributed by atoms with van der Waals surface area (Å²) >= 11 is 0. The molecule has 2 unspecified atom stereocenters. The second-order valence-corrected chi connectivity index (χ2v) is 4.38. The third-order valence-electron chi connectivity index (χ3n) is 3.20. The maximum atomic E-state index is 12.0. The van der Waals surface area contributed by atoms with E-state index in [9.17, 15) is 14.4 Å². The average Bonchev–Trinajstić information content (AvgIpc) is 2.81. The molecule has 2 rings (SSSR count). The Morgan fingerprint density at radius 2 is 2.18 bits per heavy atom. The summed E-state index contributed by atoms with van der Waals surface area (Å²) in [7, 11) is 0. The van der Waals surface area contributed by atoms with E-state index in [4.69, 9.17) is 9.84 Å². The molecule has 6 nitrogen and oxygen atoms in total. The van der Waals surface area contributed by atoms with Gasteiger partial charge in [0.1, 0.15) is 17.9 Å². The number of carboxylic acids is 1. The lowest BCUT2D eigenvalue weighted by Gasteiger charge is -2.33. The normalized spacial score (nSPS) is 29.4. The smallest absolute Gasteiger partial charge is 0.326 e. The second-order valence-electron chi connectivity index (χ2n) is 4.38. The van der Waals surface area contributed by atoms with Gasteiger partial charge in [-0.15, -0.1) is 0 Å². The Labute approximate surface area is 98.5 Å². The molecule has 0 aliphatic carbocycles. The summed E-state index contributed by atoms with van der Waals surface area (Å²) in [6.07, 6.45) is 1.08. The van der Waals surface area contributed by atoms with Crippen molar-refractivity contribution in [2.75, 3.05) is 13.2 Å². The van der Waals surface area contributed by atoms with Crippen LogP contribution in [0.4, 0.5) is 0 Å². The van der Waals surface area contributed by atoms with E-state index in [-0.39, 0.29) is 31.1 Å². The molecule has 0 aromatic carbocycles. The molecular weight excluding hydrogens is 226 g/mol. The molecule has 0 radical (unpaired) electrons. The largest absolute Gasteiger partial charge is 0.480 e. The number of ketones is 1. The standard InChI is InChI=1S/C11H15NO5/c13-7-3-4-12(8(6-7)11(15)16)10(14)9-2-1-5-17-9/h8-9H,1-6H2,(H,15,16). The van der Waals surface area contributed by atoms with E-state index in [1.54, 1.807) is 0 Å². The number of carbonyl (C=O) groups excluding carboxylic acids is 2. The number of aliphatic carboxylic acids is 1. The minimum atomic E-state index is -1.12. The van der Waals surface area contributed by atoms with Crippen LogP contribution in [-0.2, 0) is 19.1 Å². The molecule has 2 aliphatic rings. The number of piperidine rings is 1. The fraction of sp³-hybridized carbons (Fsp3) is 0.727. The number of hydrogen-bond donors (Lipinski definition) is 1. The van der Waals surface area contributed by atoms with Gasteiger partial charge in [-0.05, 0) is 12.8 Å². The first-order valence-corrected chi connectivity index (χ1v) is 5.76. The summed E-state index contributed by atoms with van der Waals surface area (Å²) in [5, 5.41) is 9.03. The Bertz CT molecular complexity index is 348. The molecular formula is C11H15NO5. The van der Waals surface area contributed by atoms with Crippen LogP contribution in [0.15, 0.2) is 0 Å². The van der Waals surface area contributed by atoms with Gasteiger partial charge in [0.25, 0.3) is 5.91 Å². The summed E-state index contributed by atoms with van der Waals surface area (Å²) < 4.78 is 5.25. The van der Waals surface area contributed by atoms with E-state index in [0.29, 0.717) is 13.0 Å². The molecule has 0 aromatic heterocycles. The number of amides is 1.